The summed E-state index contributed by atoms with van der Waals surface area (Å²) in [5.74, 6) is 1.89. The van der Waals surface area contributed by atoms with Crippen molar-refractivity contribution < 1.29 is 14.3 Å². The number of amides is 2. The topological polar surface area (TPSA) is 49.9 Å². The summed E-state index contributed by atoms with van der Waals surface area (Å²) in [6, 6.07) is 17.5. The highest BCUT2D eigenvalue weighted by molar-refractivity contribution is 5.88. The molecule has 2 fully saturated rings. The van der Waals surface area contributed by atoms with Crippen LogP contribution in [-0.4, -0.2) is 47.3 Å². The van der Waals surface area contributed by atoms with E-state index < -0.39 is 0 Å². The summed E-state index contributed by atoms with van der Waals surface area (Å²) < 4.78 is 5.90. The van der Waals surface area contributed by atoms with Crippen LogP contribution in [0.15, 0.2) is 54.6 Å². The lowest BCUT2D eigenvalue weighted by atomic mass is 10.1. The number of hydrogen-bond acceptors (Lipinski definition) is 3. The molecular weight excluding hydrogens is 376 g/mol. The van der Waals surface area contributed by atoms with Crippen molar-refractivity contribution >= 4 is 11.8 Å². The van der Waals surface area contributed by atoms with Crippen molar-refractivity contribution in [3.63, 3.8) is 0 Å². The molecule has 0 aromatic heterocycles. The van der Waals surface area contributed by atoms with Crippen molar-refractivity contribution in [1.29, 1.82) is 0 Å². The molecule has 5 nitrogen and oxygen atoms in total. The highest BCUT2D eigenvalue weighted by Gasteiger charge is 2.36. The lowest BCUT2D eigenvalue weighted by Crippen LogP contribution is -2.46. The van der Waals surface area contributed by atoms with Crippen LogP contribution in [0.3, 0.4) is 0 Å². The number of hydrogen-bond donors (Lipinski definition) is 0. The van der Waals surface area contributed by atoms with Crippen LogP contribution in [0.1, 0.15) is 44.1 Å². The molecule has 158 valence electrons. The van der Waals surface area contributed by atoms with E-state index in [9.17, 15) is 9.59 Å². The highest BCUT2D eigenvalue weighted by atomic mass is 16.5. The predicted molar refractivity (Wildman–Crippen MR) is 116 cm³/mol. The molecule has 4 rings (SSSR count). The van der Waals surface area contributed by atoms with Crippen molar-refractivity contribution in [2.24, 2.45) is 0 Å². The number of para-hydroxylation sites is 1. The van der Waals surface area contributed by atoms with Gasteiger partial charge in [0.25, 0.3) is 0 Å². The molecule has 2 aromatic carbocycles. The van der Waals surface area contributed by atoms with Crippen LogP contribution in [0.4, 0.5) is 0 Å². The minimum atomic E-state index is -0.238. The lowest BCUT2D eigenvalue weighted by molar-refractivity contribution is -0.143. The molecule has 0 N–H and O–H groups in total. The fourth-order valence-electron chi connectivity index (χ4n) is 4.45. The minimum Gasteiger partial charge on any atom is -0.457 e. The molecule has 2 aromatic rings. The van der Waals surface area contributed by atoms with Crippen molar-refractivity contribution in [3.05, 3.63) is 60.2 Å². The maximum Gasteiger partial charge on any atom is 0.245 e. The first kappa shape index (κ1) is 20.5. The number of benzene rings is 2. The third kappa shape index (κ3) is 5.02. The van der Waals surface area contributed by atoms with E-state index in [0.29, 0.717) is 13.0 Å². The van der Waals surface area contributed by atoms with Crippen LogP contribution < -0.4 is 4.74 Å². The van der Waals surface area contributed by atoms with E-state index in [1.165, 1.54) is 0 Å². The third-order valence-electron chi connectivity index (χ3n) is 6.01. The SMILES string of the molecule is O=C([C@@H]1CCCN1C(=O)CCCc1cccc(Oc2ccccc2)c1)N1CCCC1. The van der Waals surface area contributed by atoms with Gasteiger partial charge in [0.2, 0.25) is 11.8 Å². The molecule has 30 heavy (non-hydrogen) atoms. The predicted octanol–water partition coefficient (Wildman–Crippen LogP) is 4.42. The average molecular weight is 407 g/mol. The molecule has 0 aliphatic carbocycles. The Bertz CT molecular complexity index is 862. The standard InChI is InChI=1S/C25H30N2O3/c28-24(27-18-8-14-23(27)25(29)26-16-4-5-17-26)15-7-10-20-9-6-13-22(19-20)30-21-11-2-1-3-12-21/h1-3,6,9,11-13,19,23H,4-5,7-8,10,14-18H2/t23-/m0/s1. The van der Waals surface area contributed by atoms with E-state index in [1.54, 1.807) is 0 Å². The van der Waals surface area contributed by atoms with Gasteiger partial charge in [-0.05, 0) is 68.4 Å². The molecule has 2 amide bonds. The number of likely N-dealkylation sites (tertiary alicyclic amines) is 2. The summed E-state index contributed by atoms with van der Waals surface area (Å²) in [6.45, 7) is 2.40. The number of rotatable bonds is 7. The van der Waals surface area contributed by atoms with E-state index in [1.807, 2.05) is 58.3 Å². The van der Waals surface area contributed by atoms with Crippen molar-refractivity contribution in [1.82, 2.24) is 9.80 Å². The molecule has 1 atom stereocenters. The second-order valence-corrected chi connectivity index (χ2v) is 8.19. The molecule has 2 saturated heterocycles. The zero-order chi connectivity index (χ0) is 20.8. The van der Waals surface area contributed by atoms with Crippen LogP contribution in [0.25, 0.3) is 0 Å². The van der Waals surface area contributed by atoms with Crippen molar-refractivity contribution in [3.8, 4) is 11.5 Å². The van der Waals surface area contributed by atoms with E-state index in [4.69, 9.17) is 4.74 Å². The lowest BCUT2D eigenvalue weighted by Gasteiger charge is -2.27. The van der Waals surface area contributed by atoms with Crippen LogP contribution in [0.2, 0.25) is 0 Å². The second-order valence-electron chi connectivity index (χ2n) is 8.19. The maximum atomic E-state index is 12.8. The summed E-state index contributed by atoms with van der Waals surface area (Å²) in [5, 5.41) is 0. The molecular formula is C25H30N2O3. The fraction of sp³-hybridized carbons (Fsp3) is 0.440. The van der Waals surface area contributed by atoms with Gasteiger partial charge in [0.1, 0.15) is 17.5 Å². The molecule has 2 aliphatic heterocycles. The number of nitrogens with zero attached hydrogens (tertiary/aromatic N) is 2. The maximum absolute atomic E-state index is 12.8. The number of ether oxygens (including phenoxy) is 1. The summed E-state index contributed by atoms with van der Waals surface area (Å²) in [6.07, 6.45) is 5.96. The first-order valence-electron chi connectivity index (χ1n) is 11.1. The van der Waals surface area contributed by atoms with Crippen LogP contribution in [-0.2, 0) is 16.0 Å². The van der Waals surface area contributed by atoms with Gasteiger partial charge in [-0.2, -0.15) is 0 Å². The van der Waals surface area contributed by atoms with E-state index >= 15 is 0 Å². The number of carbonyl (C=O) groups is 2. The van der Waals surface area contributed by atoms with E-state index in [0.717, 1.165) is 68.7 Å². The zero-order valence-corrected chi connectivity index (χ0v) is 17.5. The summed E-state index contributed by atoms with van der Waals surface area (Å²) >= 11 is 0. The monoisotopic (exact) mass is 406 g/mol. The highest BCUT2D eigenvalue weighted by Crippen LogP contribution is 2.24. The smallest absolute Gasteiger partial charge is 0.245 e. The Hall–Kier alpha value is -2.82. The largest absolute Gasteiger partial charge is 0.457 e. The van der Waals surface area contributed by atoms with E-state index in [-0.39, 0.29) is 17.9 Å². The van der Waals surface area contributed by atoms with Crippen LogP contribution >= 0.6 is 0 Å². The Morgan fingerprint density at radius 2 is 1.67 bits per heavy atom. The van der Waals surface area contributed by atoms with Gasteiger partial charge in [-0.25, -0.2) is 0 Å². The Kier molecular flexibility index (Phi) is 6.67. The third-order valence-corrected chi connectivity index (χ3v) is 6.01. The van der Waals surface area contributed by atoms with Gasteiger partial charge >= 0.3 is 0 Å². The van der Waals surface area contributed by atoms with Gasteiger partial charge in [-0.3, -0.25) is 9.59 Å². The molecule has 0 saturated carbocycles. The van der Waals surface area contributed by atoms with Gasteiger partial charge in [0.15, 0.2) is 0 Å². The second kappa shape index (κ2) is 9.79. The van der Waals surface area contributed by atoms with Gasteiger partial charge in [0.05, 0.1) is 0 Å². The molecule has 0 spiro atoms. The summed E-state index contributed by atoms with van der Waals surface area (Å²) in [5.41, 5.74) is 1.15. The van der Waals surface area contributed by atoms with Crippen molar-refractivity contribution in [2.75, 3.05) is 19.6 Å². The molecule has 2 heterocycles. The molecule has 0 radical (unpaired) electrons. The van der Waals surface area contributed by atoms with Crippen LogP contribution in [0.5, 0.6) is 11.5 Å². The van der Waals surface area contributed by atoms with Gasteiger partial charge in [0, 0.05) is 26.1 Å². The zero-order valence-electron chi connectivity index (χ0n) is 17.5. The Balaban J connectivity index is 1.28. The fourth-order valence-corrected chi connectivity index (χ4v) is 4.45. The summed E-state index contributed by atoms with van der Waals surface area (Å²) in [4.78, 5) is 29.3. The number of carbonyl (C=O) groups excluding carboxylic acids is 2. The Labute approximate surface area is 178 Å². The Morgan fingerprint density at radius 3 is 2.47 bits per heavy atom. The molecule has 0 unspecified atom stereocenters. The van der Waals surface area contributed by atoms with Gasteiger partial charge in [-0.1, -0.05) is 30.3 Å². The first-order valence-corrected chi connectivity index (χ1v) is 11.1. The minimum absolute atomic E-state index is 0.113. The van der Waals surface area contributed by atoms with E-state index in [2.05, 4.69) is 6.07 Å². The number of aryl methyl sites for hydroxylation is 1. The average Bonchev–Trinajstić information content (AvgIpc) is 3.47. The van der Waals surface area contributed by atoms with Gasteiger partial charge in [-0.15, -0.1) is 0 Å². The normalized spacial score (nSPS) is 18.6. The molecule has 0 bridgehead atoms. The van der Waals surface area contributed by atoms with Gasteiger partial charge < -0.3 is 14.5 Å². The van der Waals surface area contributed by atoms with Crippen molar-refractivity contribution in [2.45, 2.75) is 51.0 Å². The first-order chi connectivity index (χ1) is 14.7. The van der Waals surface area contributed by atoms with Crippen LogP contribution in [0, 0.1) is 0 Å². The molecule has 2 aliphatic rings. The summed E-state index contributed by atoms with van der Waals surface area (Å²) in [7, 11) is 0. The quantitative estimate of drug-likeness (QED) is 0.684. The Morgan fingerprint density at radius 1 is 0.900 bits per heavy atom. The molecule has 5 heteroatoms.